The lowest BCUT2D eigenvalue weighted by atomic mass is 9.93. The first-order valence-electron chi connectivity index (χ1n) is 10.3. The van der Waals surface area contributed by atoms with Gasteiger partial charge in [0.1, 0.15) is 23.9 Å². The molecule has 8 nitrogen and oxygen atoms in total. The lowest BCUT2D eigenvalue weighted by Gasteiger charge is -2.24. The van der Waals surface area contributed by atoms with Gasteiger partial charge in [-0.15, -0.1) is 0 Å². The number of halogens is 3. The average molecular weight is 545 g/mol. The molecule has 0 bridgehead atoms. The number of benzene rings is 2. The summed E-state index contributed by atoms with van der Waals surface area (Å²) in [6.07, 6.45) is 3.81. The molecular formula is C22H20Cl3N3O5S. The van der Waals surface area contributed by atoms with E-state index in [2.05, 4.69) is 10.4 Å². The van der Waals surface area contributed by atoms with Crippen LogP contribution in [0.4, 0.5) is 0 Å². The van der Waals surface area contributed by atoms with Gasteiger partial charge in [0, 0.05) is 22.3 Å². The largest absolute Gasteiger partial charge is 0.480 e. The van der Waals surface area contributed by atoms with Crippen molar-refractivity contribution >= 4 is 50.6 Å². The van der Waals surface area contributed by atoms with Gasteiger partial charge < -0.3 is 9.84 Å². The number of nitrogens with one attached hydrogen (secondary N) is 1. The molecular weight excluding hydrogens is 525 g/mol. The fraction of sp³-hybridized carbons (Fsp3) is 0.273. The number of carboxylic acid groups (broad SMARTS) is 1. The van der Waals surface area contributed by atoms with Crippen LogP contribution in [0, 0.1) is 0 Å². The first kappa shape index (κ1) is 24.8. The van der Waals surface area contributed by atoms with E-state index in [-0.39, 0.29) is 34.1 Å². The highest BCUT2D eigenvalue weighted by Crippen LogP contribution is 2.36. The summed E-state index contributed by atoms with van der Waals surface area (Å²) < 4.78 is 33.1. The molecule has 0 spiro atoms. The molecule has 3 aromatic rings. The van der Waals surface area contributed by atoms with Crippen LogP contribution >= 0.6 is 34.8 Å². The fourth-order valence-corrected chi connectivity index (χ4v) is 5.71. The number of ether oxygens (including phenoxy) is 1. The third kappa shape index (κ3) is 5.50. The Balaban J connectivity index is 1.47. The lowest BCUT2D eigenvalue weighted by molar-refractivity contribution is -0.137. The van der Waals surface area contributed by atoms with Crippen LogP contribution in [0.1, 0.15) is 30.1 Å². The number of sulfone groups is 1. The Hall–Kier alpha value is -2.30. The zero-order valence-electron chi connectivity index (χ0n) is 17.7. The Morgan fingerprint density at radius 3 is 2.53 bits per heavy atom. The van der Waals surface area contributed by atoms with Crippen LogP contribution in [0.5, 0.6) is 11.5 Å². The van der Waals surface area contributed by atoms with Crippen LogP contribution in [-0.4, -0.2) is 35.2 Å². The smallest absolute Gasteiger partial charge is 0.325 e. The summed E-state index contributed by atoms with van der Waals surface area (Å²) in [7, 11) is -3.72. The molecule has 0 aliphatic heterocycles. The van der Waals surface area contributed by atoms with E-state index in [4.69, 9.17) is 44.6 Å². The molecule has 1 aliphatic carbocycles. The number of fused-ring (bicyclic) bond motifs is 1. The highest BCUT2D eigenvalue weighted by atomic mass is 35.5. The van der Waals surface area contributed by atoms with Crippen molar-refractivity contribution in [2.75, 3.05) is 5.88 Å². The van der Waals surface area contributed by atoms with Crippen LogP contribution < -0.4 is 10.1 Å². The van der Waals surface area contributed by atoms with E-state index < -0.39 is 15.8 Å². The second-order valence-electron chi connectivity index (χ2n) is 7.78. The average Bonchev–Trinajstić information content (AvgIpc) is 3.18. The predicted octanol–water partition coefficient (Wildman–Crippen LogP) is 5.12. The SMILES string of the molecule is O=C(O)Cn1ncc2c1CCC[C@H]2NCS(=O)(=O)c1ccc(Oc2ccc(Cl)cc2Cl)c(Cl)c1. The number of carbonyl (C=O) groups is 1. The minimum absolute atomic E-state index is 0.0390. The fourth-order valence-electron chi connectivity index (χ4n) is 3.82. The summed E-state index contributed by atoms with van der Waals surface area (Å²) in [6.45, 7) is -0.228. The van der Waals surface area contributed by atoms with Crippen molar-refractivity contribution in [2.24, 2.45) is 0 Å². The molecule has 0 saturated heterocycles. The van der Waals surface area contributed by atoms with E-state index in [1.165, 1.54) is 28.9 Å². The summed E-state index contributed by atoms with van der Waals surface area (Å²) in [5.41, 5.74) is 1.64. The van der Waals surface area contributed by atoms with E-state index in [1.54, 1.807) is 18.3 Å². The zero-order valence-corrected chi connectivity index (χ0v) is 20.8. The van der Waals surface area contributed by atoms with Crippen molar-refractivity contribution in [3.8, 4) is 11.5 Å². The number of hydrogen-bond acceptors (Lipinski definition) is 6. The molecule has 1 heterocycles. The minimum atomic E-state index is -3.72. The molecule has 0 saturated carbocycles. The molecule has 2 aromatic carbocycles. The molecule has 0 radical (unpaired) electrons. The first-order chi connectivity index (χ1) is 16.1. The van der Waals surface area contributed by atoms with Gasteiger partial charge in [0.15, 0.2) is 9.84 Å². The van der Waals surface area contributed by atoms with Gasteiger partial charge >= 0.3 is 5.97 Å². The second kappa shape index (κ2) is 10.1. The summed E-state index contributed by atoms with van der Waals surface area (Å²) in [5.74, 6) is -0.714. The second-order valence-corrected chi connectivity index (χ2v) is 11.0. The summed E-state index contributed by atoms with van der Waals surface area (Å²) >= 11 is 18.3. The van der Waals surface area contributed by atoms with E-state index >= 15 is 0 Å². The van der Waals surface area contributed by atoms with Crippen molar-refractivity contribution in [2.45, 2.75) is 36.7 Å². The van der Waals surface area contributed by atoms with Gasteiger partial charge in [-0.3, -0.25) is 14.8 Å². The van der Waals surface area contributed by atoms with Crippen molar-refractivity contribution in [3.63, 3.8) is 0 Å². The van der Waals surface area contributed by atoms with Gasteiger partial charge in [-0.25, -0.2) is 8.42 Å². The van der Waals surface area contributed by atoms with E-state index in [1.807, 2.05) is 0 Å². The van der Waals surface area contributed by atoms with Crippen LogP contribution in [0.2, 0.25) is 15.1 Å². The van der Waals surface area contributed by atoms with Gasteiger partial charge in [-0.1, -0.05) is 34.8 Å². The number of hydrogen-bond donors (Lipinski definition) is 2. The number of rotatable bonds is 8. The molecule has 1 aromatic heterocycles. The number of aromatic nitrogens is 2. The molecule has 0 amide bonds. The Morgan fingerprint density at radius 2 is 1.85 bits per heavy atom. The van der Waals surface area contributed by atoms with Crippen molar-refractivity contribution in [1.29, 1.82) is 0 Å². The molecule has 0 fully saturated rings. The highest BCUT2D eigenvalue weighted by Gasteiger charge is 2.27. The van der Waals surface area contributed by atoms with E-state index in [0.29, 0.717) is 22.2 Å². The van der Waals surface area contributed by atoms with E-state index in [9.17, 15) is 13.2 Å². The Morgan fingerprint density at radius 1 is 1.15 bits per heavy atom. The Kier molecular flexibility index (Phi) is 7.39. The number of carboxylic acids is 1. The molecule has 180 valence electrons. The Bertz CT molecular complexity index is 1340. The quantitative estimate of drug-likeness (QED) is 0.405. The molecule has 34 heavy (non-hydrogen) atoms. The topological polar surface area (TPSA) is 111 Å². The Labute approximate surface area is 211 Å². The van der Waals surface area contributed by atoms with Gasteiger partial charge in [0.2, 0.25) is 0 Å². The number of nitrogens with zero attached hydrogens (tertiary/aromatic N) is 2. The first-order valence-corrected chi connectivity index (χ1v) is 13.1. The maximum Gasteiger partial charge on any atom is 0.325 e. The summed E-state index contributed by atoms with van der Waals surface area (Å²) in [6, 6.07) is 8.70. The van der Waals surface area contributed by atoms with E-state index in [0.717, 1.165) is 24.1 Å². The molecule has 1 aliphatic rings. The third-order valence-corrected chi connectivity index (χ3v) is 7.79. The van der Waals surface area contributed by atoms with Crippen LogP contribution in [-0.2, 0) is 27.6 Å². The maximum absolute atomic E-state index is 13.0. The zero-order chi connectivity index (χ0) is 24.5. The van der Waals surface area contributed by atoms with Gasteiger partial charge in [-0.05, 0) is 55.7 Å². The maximum atomic E-state index is 13.0. The summed E-state index contributed by atoms with van der Waals surface area (Å²) in [4.78, 5) is 11.1. The molecule has 1 atom stereocenters. The standard InChI is InChI=1S/C22H20Cl3N3O5S/c23-13-4-6-20(16(24)8-13)33-21-7-5-14(9-17(21)25)34(31,32)12-26-18-2-1-3-19-15(18)10-27-28(19)11-22(29)30/h4-10,18,26H,1-3,11-12H2,(H,29,30)/t18-/m1/s1. The van der Waals surface area contributed by atoms with Crippen LogP contribution in [0.15, 0.2) is 47.5 Å². The third-order valence-electron chi connectivity index (χ3n) is 5.44. The van der Waals surface area contributed by atoms with Crippen LogP contribution in [0.3, 0.4) is 0 Å². The minimum Gasteiger partial charge on any atom is -0.480 e. The molecule has 12 heteroatoms. The summed E-state index contributed by atoms with van der Waals surface area (Å²) in [5, 5.41) is 17.1. The van der Waals surface area contributed by atoms with Crippen molar-refractivity contribution in [3.05, 3.63) is 68.9 Å². The molecule has 4 rings (SSSR count). The van der Waals surface area contributed by atoms with Crippen LogP contribution in [0.25, 0.3) is 0 Å². The normalized spacial score (nSPS) is 15.7. The van der Waals surface area contributed by atoms with Gasteiger partial charge in [0.05, 0.1) is 21.1 Å². The number of aliphatic carboxylic acids is 1. The van der Waals surface area contributed by atoms with Crippen molar-refractivity contribution in [1.82, 2.24) is 15.1 Å². The van der Waals surface area contributed by atoms with Gasteiger partial charge in [-0.2, -0.15) is 5.10 Å². The molecule has 0 unspecified atom stereocenters. The predicted molar refractivity (Wildman–Crippen MR) is 129 cm³/mol. The lowest BCUT2D eigenvalue weighted by Crippen LogP contribution is -2.30. The monoisotopic (exact) mass is 543 g/mol. The van der Waals surface area contributed by atoms with Crippen molar-refractivity contribution < 1.29 is 23.1 Å². The molecule has 2 N–H and O–H groups in total. The highest BCUT2D eigenvalue weighted by molar-refractivity contribution is 7.91. The van der Waals surface area contributed by atoms with Gasteiger partial charge in [0.25, 0.3) is 0 Å².